The summed E-state index contributed by atoms with van der Waals surface area (Å²) >= 11 is 5.79. The van der Waals surface area contributed by atoms with Crippen LogP contribution in [0.1, 0.15) is 20.8 Å². The van der Waals surface area contributed by atoms with Crippen molar-refractivity contribution in [3.8, 4) is 0 Å². The third kappa shape index (κ3) is 4.84. The third-order valence-electron chi connectivity index (χ3n) is 3.30. The molecule has 1 aliphatic heterocycles. The van der Waals surface area contributed by atoms with Gasteiger partial charge in [-0.2, -0.15) is 13.2 Å². The SMILES string of the molecule is CC(Cl)C(=O)N1CCN(CC(F)(F)F)CC1C(C)C. The van der Waals surface area contributed by atoms with E-state index in [1.54, 1.807) is 11.8 Å². The maximum absolute atomic E-state index is 12.4. The summed E-state index contributed by atoms with van der Waals surface area (Å²) in [5.74, 6) is -0.109. The Kier molecular flexibility index (Phi) is 5.50. The molecular weight excluding hydrogens is 281 g/mol. The molecule has 1 fully saturated rings. The number of hydrogen-bond acceptors (Lipinski definition) is 2. The molecule has 0 spiro atoms. The van der Waals surface area contributed by atoms with Crippen molar-refractivity contribution in [2.75, 3.05) is 26.2 Å². The Morgan fingerprint density at radius 3 is 2.32 bits per heavy atom. The molecule has 0 N–H and O–H groups in total. The number of carbonyl (C=O) groups excluding carboxylic acids is 1. The number of hydrogen-bond donors (Lipinski definition) is 0. The highest BCUT2D eigenvalue weighted by molar-refractivity contribution is 6.30. The normalized spacial score (nSPS) is 23.8. The highest BCUT2D eigenvalue weighted by atomic mass is 35.5. The van der Waals surface area contributed by atoms with E-state index in [2.05, 4.69) is 0 Å². The second kappa shape index (κ2) is 6.31. The smallest absolute Gasteiger partial charge is 0.336 e. The molecule has 1 heterocycles. The lowest BCUT2D eigenvalue weighted by Gasteiger charge is -2.44. The number of nitrogens with zero attached hydrogens (tertiary/aromatic N) is 2. The molecule has 0 saturated carbocycles. The first-order valence-electron chi connectivity index (χ1n) is 6.35. The zero-order valence-corrected chi connectivity index (χ0v) is 12.1. The van der Waals surface area contributed by atoms with Gasteiger partial charge in [0.25, 0.3) is 0 Å². The summed E-state index contributed by atoms with van der Waals surface area (Å²) < 4.78 is 37.2. The Morgan fingerprint density at radius 1 is 1.32 bits per heavy atom. The minimum Gasteiger partial charge on any atom is -0.336 e. The summed E-state index contributed by atoms with van der Waals surface area (Å²) in [4.78, 5) is 14.9. The van der Waals surface area contributed by atoms with Crippen molar-refractivity contribution in [2.45, 2.75) is 38.4 Å². The van der Waals surface area contributed by atoms with Gasteiger partial charge in [0, 0.05) is 25.7 Å². The first-order chi connectivity index (χ1) is 8.61. The lowest BCUT2D eigenvalue weighted by atomic mass is 9.99. The quantitative estimate of drug-likeness (QED) is 0.747. The summed E-state index contributed by atoms with van der Waals surface area (Å²) in [5.41, 5.74) is 0. The van der Waals surface area contributed by atoms with E-state index in [9.17, 15) is 18.0 Å². The van der Waals surface area contributed by atoms with E-state index < -0.39 is 18.1 Å². The van der Waals surface area contributed by atoms with Gasteiger partial charge in [0.1, 0.15) is 5.38 Å². The standard InChI is InChI=1S/C12H20ClF3N2O/c1-8(2)10-6-17(7-12(14,15)16)4-5-18(10)11(19)9(3)13/h8-10H,4-7H2,1-3H3. The van der Waals surface area contributed by atoms with Crippen LogP contribution in [0.15, 0.2) is 0 Å². The molecule has 1 saturated heterocycles. The van der Waals surface area contributed by atoms with Gasteiger partial charge in [0.15, 0.2) is 0 Å². The van der Waals surface area contributed by atoms with Crippen molar-refractivity contribution in [3.05, 3.63) is 0 Å². The molecule has 3 nitrogen and oxygen atoms in total. The Morgan fingerprint density at radius 2 is 1.89 bits per heavy atom. The van der Waals surface area contributed by atoms with Crippen LogP contribution < -0.4 is 0 Å². The average molecular weight is 301 g/mol. The molecule has 0 aromatic rings. The molecule has 2 atom stereocenters. The molecule has 0 aliphatic carbocycles. The molecule has 0 radical (unpaired) electrons. The molecular formula is C12H20ClF3N2O. The molecule has 1 aliphatic rings. The number of carbonyl (C=O) groups is 1. The lowest BCUT2D eigenvalue weighted by molar-refractivity contribution is -0.156. The van der Waals surface area contributed by atoms with Crippen LogP contribution in [0.3, 0.4) is 0 Å². The minimum atomic E-state index is -4.20. The van der Waals surface area contributed by atoms with Crippen molar-refractivity contribution in [1.82, 2.24) is 9.80 Å². The van der Waals surface area contributed by atoms with Gasteiger partial charge < -0.3 is 4.90 Å². The molecule has 112 valence electrons. The van der Waals surface area contributed by atoms with Crippen LogP contribution in [0, 0.1) is 5.92 Å². The van der Waals surface area contributed by atoms with Gasteiger partial charge in [-0.1, -0.05) is 13.8 Å². The fourth-order valence-electron chi connectivity index (χ4n) is 2.34. The zero-order chi connectivity index (χ0) is 14.8. The molecule has 1 rings (SSSR count). The van der Waals surface area contributed by atoms with Crippen LogP contribution >= 0.6 is 11.6 Å². The summed E-state index contributed by atoms with van der Waals surface area (Å²) in [6, 6.07) is -0.218. The van der Waals surface area contributed by atoms with E-state index in [1.165, 1.54) is 4.90 Å². The highest BCUT2D eigenvalue weighted by Gasteiger charge is 2.38. The summed E-state index contributed by atoms with van der Waals surface area (Å²) in [7, 11) is 0. The minimum absolute atomic E-state index is 0.0930. The maximum atomic E-state index is 12.4. The van der Waals surface area contributed by atoms with E-state index in [1.807, 2.05) is 13.8 Å². The van der Waals surface area contributed by atoms with E-state index in [4.69, 9.17) is 11.6 Å². The zero-order valence-electron chi connectivity index (χ0n) is 11.4. The first-order valence-corrected chi connectivity index (χ1v) is 6.79. The second-order valence-electron chi connectivity index (χ2n) is 5.31. The van der Waals surface area contributed by atoms with Gasteiger partial charge >= 0.3 is 6.18 Å². The molecule has 0 aromatic heterocycles. The molecule has 2 unspecified atom stereocenters. The number of piperazine rings is 1. The largest absolute Gasteiger partial charge is 0.401 e. The van der Waals surface area contributed by atoms with Crippen molar-refractivity contribution in [1.29, 1.82) is 0 Å². The predicted octanol–water partition coefficient (Wildman–Crippen LogP) is 2.34. The van der Waals surface area contributed by atoms with Crippen molar-refractivity contribution >= 4 is 17.5 Å². The Labute approximate surface area is 116 Å². The maximum Gasteiger partial charge on any atom is 0.401 e. The molecule has 19 heavy (non-hydrogen) atoms. The Balaban J connectivity index is 2.73. The average Bonchev–Trinajstić information content (AvgIpc) is 2.25. The molecule has 0 bridgehead atoms. The van der Waals surface area contributed by atoms with Gasteiger partial charge in [0.2, 0.25) is 5.91 Å². The summed E-state index contributed by atoms with van der Waals surface area (Å²) in [5, 5.41) is -0.643. The van der Waals surface area contributed by atoms with E-state index in [-0.39, 0.29) is 31.0 Å². The van der Waals surface area contributed by atoms with Crippen LogP contribution in [0.5, 0.6) is 0 Å². The van der Waals surface area contributed by atoms with Gasteiger partial charge in [0.05, 0.1) is 6.54 Å². The van der Waals surface area contributed by atoms with Crippen molar-refractivity contribution < 1.29 is 18.0 Å². The van der Waals surface area contributed by atoms with Crippen LogP contribution in [0.2, 0.25) is 0 Å². The molecule has 7 heteroatoms. The predicted molar refractivity (Wildman–Crippen MR) is 68.1 cm³/mol. The van der Waals surface area contributed by atoms with Gasteiger partial charge in [-0.25, -0.2) is 0 Å². The Hall–Kier alpha value is -0.490. The first kappa shape index (κ1) is 16.6. The van der Waals surface area contributed by atoms with Crippen LogP contribution in [0.4, 0.5) is 13.2 Å². The summed E-state index contributed by atoms with van der Waals surface area (Å²) in [6.07, 6.45) is -4.20. The van der Waals surface area contributed by atoms with Crippen LogP contribution in [-0.4, -0.2) is 59.5 Å². The fraction of sp³-hybridized carbons (Fsp3) is 0.917. The number of alkyl halides is 4. The van der Waals surface area contributed by atoms with Crippen LogP contribution in [-0.2, 0) is 4.79 Å². The van der Waals surface area contributed by atoms with Crippen molar-refractivity contribution in [3.63, 3.8) is 0 Å². The van der Waals surface area contributed by atoms with Gasteiger partial charge in [-0.15, -0.1) is 11.6 Å². The van der Waals surface area contributed by atoms with Gasteiger partial charge in [-0.05, 0) is 12.8 Å². The number of amides is 1. The van der Waals surface area contributed by atoms with Crippen molar-refractivity contribution in [2.24, 2.45) is 5.92 Å². The fourth-order valence-corrected chi connectivity index (χ4v) is 2.46. The molecule has 0 aromatic carbocycles. The van der Waals surface area contributed by atoms with Crippen LogP contribution in [0.25, 0.3) is 0 Å². The number of rotatable bonds is 3. The van der Waals surface area contributed by atoms with E-state index >= 15 is 0 Å². The highest BCUT2D eigenvalue weighted by Crippen LogP contribution is 2.23. The lowest BCUT2D eigenvalue weighted by Crippen LogP contribution is -2.59. The second-order valence-corrected chi connectivity index (χ2v) is 5.96. The van der Waals surface area contributed by atoms with E-state index in [0.29, 0.717) is 6.54 Å². The topological polar surface area (TPSA) is 23.6 Å². The third-order valence-corrected chi connectivity index (χ3v) is 3.49. The van der Waals surface area contributed by atoms with E-state index in [0.717, 1.165) is 0 Å². The Bertz CT molecular complexity index is 321. The van der Waals surface area contributed by atoms with Gasteiger partial charge in [-0.3, -0.25) is 9.69 Å². The number of halogens is 4. The summed E-state index contributed by atoms with van der Waals surface area (Å²) in [6.45, 7) is 5.25. The molecule has 1 amide bonds. The monoisotopic (exact) mass is 300 g/mol.